The zero-order valence-corrected chi connectivity index (χ0v) is 13.7. The molecule has 2 aromatic carbocycles. The number of rotatable bonds is 3. The largest absolute Gasteiger partial charge is 0.462 e. The molecule has 5 nitrogen and oxygen atoms in total. The first-order valence-corrected chi connectivity index (χ1v) is 7.78. The van der Waals surface area contributed by atoms with Gasteiger partial charge in [-0.1, -0.05) is 29.8 Å². The molecule has 0 unspecified atom stereocenters. The lowest BCUT2D eigenvalue weighted by molar-refractivity contribution is 0.0525. The first-order valence-electron chi connectivity index (χ1n) is 7.41. The van der Waals surface area contributed by atoms with Crippen molar-refractivity contribution in [3.8, 4) is 5.69 Å². The predicted molar refractivity (Wildman–Crippen MR) is 94.9 cm³/mol. The van der Waals surface area contributed by atoms with E-state index in [0.717, 1.165) is 0 Å². The molecule has 0 radical (unpaired) electrons. The first kappa shape index (κ1) is 16.1. The van der Waals surface area contributed by atoms with Gasteiger partial charge in [0.25, 0.3) is 5.56 Å². The number of halogens is 1. The quantitative estimate of drug-likeness (QED) is 0.740. The van der Waals surface area contributed by atoms with Gasteiger partial charge in [0.05, 0.1) is 17.8 Å². The molecule has 2 N–H and O–H groups in total. The maximum absolute atomic E-state index is 13.0. The second-order valence-electron chi connectivity index (χ2n) is 5.15. The fraction of sp³-hybridized carbons (Fsp3) is 0.111. The molecule has 3 rings (SSSR count). The number of fused-ring (bicyclic) bond motifs is 1. The minimum absolute atomic E-state index is 0.0947. The number of carbonyl (C=O) groups is 1. The van der Waals surface area contributed by atoms with E-state index >= 15 is 0 Å². The number of esters is 1. The molecule has 0 aliphatic carbocycles. The normalized spacial score (nSPS) is 10.8. The molecule has 0 atom stereocenters. The zero-order chi connectivity index (χ0) is 17.3. The molecule has 1 aromatic heterocycles. The molecule has 0 aliphatic rings. The Morgan fingerprint density at radius 2 is 1.92 bits per heavy atom. The van der Waals surface area contributed by atoms with Crippen molar-refractivity contribution >= 4 is 34.2 Å². The third kappa shape index (κ3) is 2.63. The van der Waals surface area contributed by atoms with Crippen molar-refractivity contribution in [3.63, 3.8) is 0 Å². The Morgan fingerprint density at radius 1 is 1.21 bits per heavy atom. The summed E-state index contributed by atoms with van der Waals surface area (Å²) >= 11 is 6.09. The Balaban J connectivity index is 2.46. The lowest BCUT2D eigenvalue weighted by atomic mass is 10.1. The summed E-state index contributed by atoms with van der Waals surface area (Å²) in [6.07, 6.45) is 0. The summed E-state index contributed by atoms with van der Waals surface area (Å²) in [6, 6.07) is 14.0. The van der Waals surface area contributed by atoms with Crippen LogP contribution in [0.25, 0.3) is 16.6 Å². The van der Waals surface area contributed by atoms with Gasteiger partial charge in [-0.25, -0.2) is 4.79 Å². The summed E-state index contributed by atoms with van der Waals surface area (Å²) in [5, 5.41) is 1.03. The highest BCUT2D eigenvalue weighted by Gasteiger charge is 2.22. The fourth-order valence-electron chi connectivity index (χ4n) is 2.62. The van der Waals surface area contributed by atoms with Gasteiger partial charge in [-0.15, -0.1) is 0 Å². The molecule has 3 aromatic rings. The van der Waals surface area contributed by atoms with Crippen molar-refractivity contribution in [3.05, 3.63) is 69.5 Å². The summed E-state index contributed by atoms with van der Waals surface area (Å²) in [5.74, 6) is -0.735. The van der Waals surface area contributed by atoms with Crippen molar-refractivity contribution in [1.82, 2.24) is 4.57 Å². The number of benzene rings is 2. The topological polar surface area (TPSA) is 74.3 Å². The lowest BCUT2D eigenvalue weighted by Gasteiger charge is -2.15. The van der Waals surface area contributed by atoms with Crippen molar-refractivity contribution in [1.29, 1.82) is 0 Å². The van der Waals surface area contributed by atoms with E-state index in [1.165, 1.54) is 4.57 Å². The number of nitrogens with zero attached hydrogens (tertiary/aromatic N) is 1. The highest BCUT2D eigenvalue weighted by Crippen LogP contribution is 2.27. The third-order valence-corrected chi connectivity index (χ3v) is 3.91. The standard InChI is InChI=1S/C18H15ClN2O3/c1-2-24-18(23)15-16(20)13-9-8-11(19)10-14(13)21(17(15)22)12-6-4-3-5-7-12/h3-10H,2,20H2,1H3. The van der Waals surface area contributed by atoms with Gasteiger partial charge in [-0.05, 0) is 37.3 Å². The van der Waals surface area contributed by atoms with E-state index < -0.39 is 11.5 Å². The number of nitrogen functional groups attached to an aromatic ring is 1. The fourth-order valence-corrected chi connectivity index (χ4v) is 2.79. The van der Waals surface area contributed by atoms with E-state index in [0.29, 0.717) is 21.6 Å². The Kier molecular flexibility index (Phi) is 4.27. The van der Waals surface area contributed by atoms with Gasteiger partial charge in [-0.2, -0.15) is 0 Å². The van der Waals surface area contributed by atoms with Gasteiger partial charge < -0.3 is 10.5 Å². The monoisotopic (exact) mass is 342 g/mol. The molecule has 24 heavy (non-hydrogen) atoms. The van der Waals surface area contributed by atoms with Gasteiger partial charge in [0.2, 0.25) is 0 Å². The van der Waals surface area contributed by atoms with Crippen LogP contribution < -0.4 is 11.3 Å². The maximum atomic E-state index is 13.0. The third-order valence-electron chi connectivity index (χ3n) is 3.67. The van der Waals surface area contributed by atoms with Crippen LogP contribution in [0.1, 0.15) is 17.3 Å². The number of anilines is 1. The molecule has 0 bridgehead atoms. The molecule has 0 fully saturated rings. The summed E-state index contributed by atoms with van der Waals surface area (Å²) in [4.78, 5) is 25.2. The summed E-state index contributed by atoms with van der Waals surface area (Å²) in [5.41, 5.74) is 6.62. The molecule has 122 valence electrons. The Hall–Kier alpha value is -2.79. The number of carbonyl (C=O) groups excluding carboxylic acids is 1. The van der Waals surface area contributed by atoms with Crippen LogP contribution in [0.5, 0.6) is 0 Å². The number of para-hydroxylation sites is 1. The highest BCUT2D eigenvalue weighted by molar-refractivity contribution is 6.31. The molecule has 0 spiro atoms. The van der Waals surface area contributed by atoms with E-state index in [4.69, 9.17) is 22.1 Å². The van der Waals surface area contributed by atoms with Crippen LogP contribution in [-0.4, -0.2) is 17.1 Å². The molecular formula is C18H15ClN2O3. The number of nitrogens with two attached hydrogens (primary N) is 1. The second-order valence-corrected chi connectivity index (χ2v) is 5.58. The molecule has 0 saturated carbocycles. The van der Waals surface area contributed by atoms with E-state index in [1.54, 1.807) is 49.4 Å². The highest BCUT2D eigenvalue weighted by atomic mass is 35.5. The molecule has 1 heterocycles. The second kappa shape index (κ2) is 6.37. The van der Waals surface area contributed by atoms with E-state index in [-0.39, 0.29) is 17.9 Å². The average Bonchev–Trinajstić information content (AvgIpc) is 2.56. The number of aromatic nitrogens is 1. The van der Waals surface area contributed by atoms with E-state index in [9.17, 15) is 9.59 Å². The summed E-state index contributed by atoms with van der Waals surface area (Å²) in [7, 11) is 0. The van der Waals surface area contributed by atoms with Crippen LogP contribution in [0.2, 0.25) is 5.02 Å². The molecular weight excluding hydrogens is 328 g/mol. The molecule has 0 amide bonds. The van der Waals surface area contributed by atoms with E-state index in [1.807, 2.05) is 6.07 Å². The summed E-state index contributed by atoms with van der Waals surface area (Å²) in [6.45, 7) is 1.83. The minimum atomic E-state index is -0.735. The number of ether oxygens (including phenoxy) is 1. The smallest absolute Gasteiger partial charge is 0.345 e. The molecule has 0 aliphatic heterocycles. The van der Waals surface area contributed by atoms with Crippen LogP contribution in [0.15, 0.2) is 53.3 Å². The van der Waals surface area contributed by atoms with Crippen LogP contribution in [0.3, 0.4) is 0 Å². The Labute approximate surface area is 143 Å². The van der Waals surface area contributed by atoms with Gasteiger partial charge in [0.1, 0.15) is 5.56 Å². The maximum Gasteiger partial charge on any atom is 0.345 e. The van der Waals surface area contributed by atoms with Gasteiger partial charge in [0, 0.05) is 16.1 Å². The van der Waals surface area contributed by atoms with Crippen molar-refractivity contribution in [2.75, 3.05) is 12.3 Å². The van der Waals surface area contributed by atoms with Gasteiger partial charge >= 0.3 is 5.97 Å². The number of hydrogen-bond donors (Lipinski definition) is 1. The van der Waals surface area contributed by atoms with Crippen LogP contribution >= 0.6 is 11.6 Å². The van der Waals surface area contributed by atoms with Crippen LogP contribution in [0.4, 0.5) is 5.69 Å². The van der Waals surface area contributed by atoms with Crippen molar-refractivity contribution in [2.45, 2.75) is 6.92 Å². The SMILES string of the molecule is CCOC(=O)c1c(N)c2ccc(Cl)cc2n(-c2ccccc2)c1=O. The minimum Gasteiger partial charge on any atom is -0.462 e. The average molecular weight is 343 g/mol. The van der Waals surface area contributed by atoms with Gasteiger partial charge in [0.15, 0.2) is 0 Å². The first-order chi connectivity index (χ1) is 11.5. The number of hydrogen-bond acceptors (Lipinski definition) is 4. The van der Waals surface area contributed by atoms with Crippen molar-refractivity contribution < 1.29 is 9.53 Å². The van der Waals surface area contributed by atoms with Crippen LogP contribution in [0, 0.1) is 0 Å². The molecule has 6 heteroatoms. The predicted octanol–water partition coefficient (Wildman–Crippen LogP) is 3.40. The zero-order valence-electron chi connectivity index (χ0n) is 13.0. The van der Waals surface area contributed by atoms with E-state index in [2.05, 4.69) is 0 Å². The Morgan fingerprint density at radius 3 is 2.58 bits per heavy atom. The van der Waals surface area contributed by atoms with Crippen LogP contribution in [-0.2, 0) is 4.74 Å². The van der Waals surface area contributed by atoms with Crippen molar-refractivity contribution in [2.24, 2.45) is 0 Å². The Bertz CT molecular complexity index is 981. The molecule has 0 saturated heterocycles. The number of pyridine rings is 1. The van der Waals surface area contributed by atoms with Gasteiger partial charge in [-0.3, -0.25) is 9.36 Å². The summed E-state index contributed by atoms with van der Waals surface area (Å²) < 4.78 is 6.42. The lowest BCUT2D eigenvalue weighted by Crippen LogP contribution is -2.28.